The van der Waals surface area contributed by atoms with E-state index in [-0.39, 0.29) is 0 Å². The van der Waals surface area contributed by atoms with Gasteiger partial charge in [-0.2, -0.15) is 5.10 Å². The number of urea groups is 1. The van der Waals surface area contributed by atoms with Crippen LogP contribution in [0.3, 0.4) is 0 Å². The van der Waals surface area contributed by atoms with E-state index in [1.54, 1.807) is 48.9 Å². The number of benzene rings is 3. The number of nitrogens with zero attached hydrogens (tertiary/aromatic N) is 2. The number of rotatable bonds is 6. The molecule has 1 aromatic heterocycles. The Hall–Kier alpha value is -4.10. The van der Waals surface area contributed by atoms with Crippen LogP contribution in [0, 0.1) is 0 Å². The van der Waals surface area contributed by atoms with Gasteiger partial charge in [0.15, 0.2) is 0 Å². The minimum atomic E-state index is -1.23. The van der Waals surface area contributed by atoms with E-state index in [2.05, 4.69) is 16.0 Å². The lowest BCUT2D eigenvalue weighted by Gasteiger charge is -2.25. The second kappa shape index (κ2) is 9.80. The summed E-state index contributed by atoms with van der Waals surface area (Å²) in [6, 6.07) is 27.3. The summed E-state index contributed by atoms with van der Waals surface area (Å²) in [7, 11) is 0. The first-order valence-electron chi connectivity index (χ1n) is 10.7. The fourth-order valence-electron chi connectivity index (χ4n) is 3.32. The molecule has 0 radical (unpaired) electrons. The van der Waals surface area contributed by atoms with Gasteiger partial charge in [0, 0.05) is 11.6 Å². The molecular formula is C26H24ClN5O2. The molecule has 0 atom stereocenters. The Morgan fingerprint density at radius 1 is 0.853 bits per heavy atom. The summed E-state index contributed by atoms with van der Waals surface area (Å²) >= 11 is 6.11. The van der Waals surface area contributed by atoms with Gasteiger partial charge in [-0.3, -0.25) is 4.79 Å². The van der Waals surface area contributed by atoms with Crippen molar-refractivity contribution in [3.8, 4) is 16.9 Å². The van der Waals surface area contributed by atoms with Crippen LogP contribution in [-0.4, -0.2) is 27.3 Å². The highest BCUT2D eigenvalue weighted by Gasteiger charge is 2.31. The average molecular weight is 474 g/mol. The molecule has 0 unspecified atom stereocenters. The molecular weight excluding hydrogens is 450 g/mol. The zero-order chi connectivity index (χ0) is 24.1. The van der Waals surface area contributed by atoms with Crippen molar-refractivity contribution in [3.63, 3.8) is 0 Å². The van der Waals surface area contributed by atoms with Gasteiger partial charge in [-0.25, -0.2) is 9.48 Å². The highest BCUT2D eigenvalue weighted by atomic mass is 35.5. The Morgan fingerprint density at radius 2 is 1.47 bits per heavy atom. The SMILES string of the molecule is CC(C)(NC(=O)Nc1ccccc1Cl)C(=O)Nc1cc(-c2ccccc2)nn1-c1ccccc1. The highest BCUT2D eigenvalue weighted by molar-refractivity contribution is 6.33. The zero-order valence-corrected chi connectivity index (χ0v) is 19.5. The van der Waals surface area contributed by atoms with E-state index in [4.69, 9.17) is 16.7 Å². The third kappa shape index (κ3) is 5.27. The smallest absolute Gasteiger partial charge is 0.320 e. The lowest BCUT2D eigenvalue weighted by Crippen LogP contribution is -2.53. The first kappa shape index (κ1) is 23.1. The number of carbonyl (C=O) groups is 2. The third-order valence-corrected chi connectivity index (χ3v) is 5.47. The van der Waals surface area contributed by atoms with E-state index in [0.29, 0.717) is 22.2 Å². The molecule has 8 heteroatoms. The number of para-hydroxylation sites is 2. The second-order valence-electron chi connectivity index (χ2n) is 8.17. The van der Waals surface area contributed by atoms with E-state index in [1.807, 2.05) is 60.7 Å². The topological polar surface area (TPSA) is 88.1 Å². The van der Waals surface area contributed by atoms with Crippen molar-refractivity contribution in [3.05, 3.63) is 96.0 Å². The van der Waals surface area contributed by atoms with Crippen LogP contribution in [0.25, 0.3) is 16.9 Å². The maximum Gasteiger partial charge on any atom is 0.320 e. The van der Waals surface area contributed by atoms with Gasteiger partial charge in [0.05, 0.1) is 22.1 Å². The molecule has 0 aliphatic carbocycles. The minimum absolute atomic E-state index is 0.403. The van der Waals surface area contributed by atoms with Gasteiger partial charge >= 0.3 is 6.03 Å². The Kier molecular flexibility index (Phi) is 6.65. The molecule has 0 saturated heterocycles. The van der Waals surface area contributed by atoms with Crippen molar-refractivity contribution in [1.29, 1.82) is 0 Å². The van der Waals surface area contributed by atoms with Crippen LogP contribution in [0.15, 0.2) is 91.0 Å². The zero-order valence-electron chi connectivity index (χ0n) is 18.7. The molecule has 4 aromatic rings. The summed E-state index contributed by atoms with van der Waals surface area (Å²) in [5.74, 6) is 0.0786. The van der Waals surface area contributed by atoms with Crippen molar-refractivity contribution >= 4 is 35.0 Å². The Morgan fingerprint density at radius 3 is 2.15 bits per heavy atom. The number of aromatic nitrogens is 2. The van der Waals surface area contributed by atoms with Crippen LogP contribution in [0.4, 0.5) is 16.3 Å². The van der Waals surface area contributed by atoms with Gasteiger partial charge in [-0.15, -0.1) is 0 Å². The molecule has 4 rings (SSSR count). The molecule has 0 spiro atoms. The number of amides is 3. The number of anilines is 2. The van der Waals surface area contributed by atoms with Crippen molar-refractivity contribution in [2.45, 2.75) is 19.4 Å². The van der Waals surface area contributed by atoms with Gasteiger partial charge in [0.25, 0.3) is 5.91 Å². The summed E-state index contributed by atoms with van der Waals surface area (Å²) in [5, 5.41) is 13.4. The van der Waals surface area contributed by atoms with Gasteiger partial charge in [-0.1, -0.05) is 72.3 Å². The Bertz CT molecular complexity index is 1300. The van der Waals surface area contributed by atoms with E-state index >= 15 is 0 Å². The third-order valence-electron chi connectivity index (χ3n) is 5.14. The predicted molar refractivity (Wildman–Crippen MR) is 135 cm³/mol. The van der Waals surface area contributed by atoms with Crippen LogP contribution in [0.5, 0.6) is 0 Å². The second-order valence-corrected chi connectivity index (χ2v) is 8.57. The summed E-state index contributed by atoms with van der Waals surface area (Å²) in [5.41, 5.74) is 1.64. The quantitative estimate of drug-likeness (QED) is 0.334. The van der Waals surface area contributed by atoms with Crippen LogP contribution >= 0.6 is 11.6 Å². The molecule has 0 bridgehead atoms. The standard InChI is InChI=1S/C26H24ClN5O2/c1-26(2,30-25(34)28-21-16-10-9-15-20(21)27)24(33)29-23-17-22(18-11-5-3-6-12-18)31-32(23)19-13-7-4-8-14-19/h3-17H,1-2H3,(H,29,33)(H2,28,30,34). The molecule has 172 valence electrons. The van der Waals surface area contributed by atoms with E-state index in [1.165, 1.54) is 0 Å². The largest absolute Gasteiger partial charge is 0.324 e. The molecule has 1 heterocycles. The summed E-state index contributed by atoms with van der Waals surface area (Å²) in [6.45, 7) is 3.24. The lowest BCUT2D eigenvalue weighted by molar-refractivity contribution is -0.120. The van der Waals surface area contributed by atoms with Gasteiger partial charge in [-0.05, 0) is 38.1 Å². The summed E-state index contributed by atoms with van der Waals surface area (Å²) < 4.78 is 1.67. The molecule has 7 nitrogen and oxygen atoms in total. The number of hydrogen-bond donors (Lipinski definition) is 3. The van der Waals surface area contributed by atoms with E-state index < -0.39 is 17.5 Å². The van der Waals surface area contributed by atoms with Crippen molar-refractivity contribution in [2.24, 2.45) is 0 Å². The molecule has 3 N–H and O–H groups in total. The molecule has 0 aliphatic heterocycles. The van der Waals surface area contributed by atoms with Crippen molar-refractivity contribution in [2.75, 3.05) is 10.6 Å². The Balaban J connectivity index is 1.56. The highest BCUT2D eigenvalue weighted by Crippen LogP contribution is 2.25. The molecule has 0 aliphatic rings. The number of hydrogen-bond acceptors (Lipinski definition) is 3. The molecule has 3 amide bonds. The van der Waals surface area contributed by atoms with E-state index in [9.17, 15) is 9.59 Å². The monoisotopic (exact) mass is 473 g/mol. The lowest BCUT2D eigenvalue weighted by atomic mass is 10.0. The maximum atomic E-state index is 13.2. The Labute approximate surface area is 202 Å². The number of carbonyl (C=O) groups excluding carboxylic acids is 2. The summed E-state index contributed by atoms with van der Waals surface area (Å²) in [6.07, 6.45) is 0. The van der Waals surface area contributed by atoms with Crippen LogP contribution in [0.1, 0.15) is 13.8 Å². The minimum Gasteiger partial charge on any atom is -0.324 e. The number of nitrogens with one attached hydrogen (secondary N) is 3. The van der Waals surface area contributed by atoms with Crippen molar-refractivity contribution < 1.29 is 9.59 Å². The molecule has 3 aromatic carbocycles. The molecule has 0 saturated carbocycles. The van der Waals surface area contributed by atoms with Crippen molar-refractivity contribution in [1.82, 2.24) is 15.1 Å². The molecule has 0 fully saturated rings. The summed E-state index contributed by atoms with van der Waals surface area (Å²) in [4.78, 5) is 25.7. The first-order chi connectivity index (χ1) is 16.3. The van der Waals surface area contributed by atoms with Gasteiger partial charge in [0.2, 0.25) is 0 Å². The normalized spacial score (nSPS) is 11.0. The van der Waals surface area contributed by atoms with E-state index in [0.717, 1.165) is 11.3 Å². The first-order valence-corrected chi connectivity index (χ1v) is 11.1. The van der Waals surface area contributed by atoms with Crippen LogP contribution < -0.4 is 16.0 Å². The van der Waals surface area contributed by atoms with Crippen LogP contribution in [-0.2, 0) is 4.79 Å². The molecule has 34 heavy (non-hydrogen) atoms. The van der Waals surface area contributed by atoms with Gasteiger partial charge in [0.1, 0.15) is 11.4 Å². The average Bonchev–Trinajstić information content (AvgIpc) is 3.25. The predicted octanol–water partition coefficient (Wildman–Crippen LogP) is 5.73. The fraction of sp³-hybridized carbons (Fsp3) is 0.115. The fourth-order valence-corrected chi connectivity index (χ4v) is 3.50. The maximum absolute atomic E-state index is 13.2. The number of halogens is 1. The van der Waals surface area contributed by atoms with Gasteiger partial charge < -0.3 is 16.0 Å². The van der Waals surface area contributed by atoms with Crippen LogP contribution in [0.2, 0.25) is 5.02 Å².